The zero-order valence-electron chi connectivity index (χ0n) is 39.0. The minimum Gasteiger partial charge on any atom is -0.477 e. The monoisotopic (exact) mass is 1040 g/mol. The Morgan fingerprint density at radius 3 is 0.859 bits per heavy atom. The highest BCUT2D eigenvalue weighted by Gasteiger charge is 2.60. The summed E-state index contributed by atoms with van der Waals surface area (Å²) in [6, 6.07) is 0. The van der Waals surface area contributed by atoms with E-state index in [2.05, 4.69) is 0 Å². The zero-order valence-corrected chi connectivity index (χ0v) is 39.0. The fraction of sp³-hybridized carbons (Fsp3) is 0.902. The van der Waals surface area contributed by atoms with Gasteiger partial charge in [0.25, 0.3) is 23.1 Å². The number of nitrogens with two attached hydrogens (primary N) is 1. The molecule has 0 aromatic carbocycles. The molecule has 30 nitrogen and oxygen atoms in total. The lowest BCUT2D eigenvalue weighted by atomic mass is 9.84. The van der Waals surface area contributed by atoms with Gasteiger partial charge in [0.2, 0.25) is 0 Å². The lowest BCUT2D eigenvalue weighted by Crippen LogP contribution is -2.64. The smallest absolute Gasteiger partial charge is 0.364 e. The van der Waals surface area contributed by atoms with Crippen molar-refractivity contribution in [1.29, 1.82) is 0 Å². The summed E-state index contributed by atoms with van der Waals surface area (Å²) < 4.78 is 43.5. The average molecular weight is 1040 g/mol. The molecular weight excluding hydrogens is 970 g/mol. The van der Waals surface area contributed by atoms with Crippen LogP contribution in [0.5, 0.6) is 0 Å². The van der Waals surface area contributed by atoms with Crippen molar-refractivity contribution < 1.29 is 144 Å². The molecule has 4 aliphatic heterocycles. The Balaban J connectivity index is 1.47. The van der Waals surface area contributed by atoms with Crippen LogP contribution in [0.1, 0.15) is 53.4 Å². The van der Waals surface area contributed by atoms with Crippen molar-refractivity contribution in [2.75, 3.05) is 33.2 Å². The van der Waals surface area contributed by atoms with E-state index < -0.39 is 227 Å². The van der Waals surface area contributed by atoms with Crippen LogP contribution in [0.15, 0.2) is 0 Å². The van der Waals surface area contributed by atoms with Gasteiger partial charge in [-0.25, -0.2) is 19.2 Å². The quantitative estimate of drug-likeness (QED) is 0.0399. The summed E-state index contributed by atoms with van der Waals surface area (Å²) in [7, 11) is 0. The molecule has 0 aromatic heterocycles. The second-order valence-corrected chi connectivity index (χ2v) is 18.7. The number of carboxylic acid groups (broad SMARTS) is 4. The largest absolute Gasteiger partial charge is 0.477 e. The van der Waals surface area contributed by atoms with Crippen molar-refractivity contribution in [3.63, 3.8) is 0 Å². The topological polar surface area (TPSA) is 512 Å². The molecule has 4 fully saturated rings. The second kappa shape index (κ2) is 24.1. The van der Waals surface area contributed by atoms with Crippen LogP contribution >= 0.6 is 0 Å². The Kier molecular flexibility index (Phi) is 20.6. The molecule has 24 atom stereocenters. The van der Waals surface area contributed by atoms with Crippen LogP contribution in [0.3, 0.4) is 0 Å². The van der Waals surface area contributed by atoms with E-state index in [1.54, 1.807) is 0 Å². The molecule has 0 saturated carbocycles. The van der Waals surface area contributed by atoms with E-state index in [-0.39, 0.29) is 0 Å². The van der Waals surface area contributed by atoms with Gasteiger partial charge in [-0.3, -0.25) is 0 Å². The first-order chi connectivity index (χ1) is 32.9. The normalized spacial score (nSPS) is 41.4. The van der Waals surface area contributed by atoms with Crippen molar-refractivity contribution in [2.24, 2.45) is 29.4 Å². The number of aliphatic carboxylic acids is 4. The minimum atomic E-state index is -3.00. The Morgan fingerprint density at radius 1 is 0.451 bits per heavy atom. The molecule has 0 aromatic rings. The van der Waals surface area contributed by atoms with E-state index in [1.807, 2.05) is 0 Å². The van der Waals surface area contributed by atoms with Gasteiger partial charge in [-0.1, -0.05) is 27.7 Å². The molecule has 0 bridgehead atoms. The Morgan fingerprint density at radius 2 is 0.662 bits per heavy atom. The number of hydrogen-bond donors (Lipinski definition) is 18. The molecule has 4 rings (SSSR count). The van der Waals surface area contributed by atoms with Crippen molar-refractivity contribution in [3.8, 4) is 0 Å². The molecule has 8 unspecified atom stereocenters. The first-order valence-electron chi connectivity index (χ1n) is 22.6. The molecule has 4 aliphatic rings. The SMILES string of the molecule is C[C@@H]1C(O)CC(OC[C@@H](O)[C@@H](O)[C@@H]2OC(OC[C@@H](O)[C@@H](O)[C@@H]3OC(OC[C@@H](O)[C@@H](O)[C@@H]4OC(OCN)(C(=O)O)CC(O)[C@H]4C)(C(=O)O)CC(O)[C@H]3C)(C(=O)O)CC(O)[C@H]2C)(C(=O)O)O[C@H]1[C@H](O)[C@H](O)CO. The highest BCUT2D eigenvalue weighted by Crippen LogP contribution is 2.42. The number of hydrogen-bond acceptors (Lipinski definition) is 26. The summed E-state index contributed by atoms with van der Waals surface area (Å²) >= 11 is 0. The third kappa shape index (κ3) is 12.8. The molecule has 0 spiro atoms. The predicted molar refractivity (Wildman–Crippen MR) is 223 cm³/mol. The van der Waals surface area contributed by atoms with Gasteiger partial charge in [0, 0.05) is 49.4 Å². The van der Waals surface area contributed by atoms with Crippen molar-refractivity contribution in [3.05, 3.63) is 0 Å². The van der Waals surface area contributed by atoms with Gasteiger partial charge >= 0.3 is 23.9 Å². The van der Waals surface area contributed by atoms with E-state index in [4.69, 9.17) is 43.6 Å². The Bertz CT molecular complexity index is 1800. The summed E-state index contributed by atoms with van der Waals surface area (Å²) in [5, 5.41) is 180. The lowest BCUT2D eigenvalue weighted by Gasteiger charge is -2.47. The van der Waals surface area contributed by atoms with Gasteiger partial charge in [0.15, 0.2) is 0 Å². The highest BCUT2D eigenvalue weighted by molar-refractivity contribution is 5.77. The maximum Gasteiger partial charge on any atom is 0.364 e. The molecule has 4 heterocycles. The molecule has 412 valence electrons. The number of carbonyl (C=O) groups is 4. The molecule has 71 heavy (non-hydrogen) atoms. The minimum absolute atomic E-state index is 0.628. The maximum absolute atomic E-state index is 12.8. The standard InChI is InChI=1S/C41H69NO29/c1-14-18(44)5-38(34(56)57,68-30(14)26(52)22(48)9-43)64-10-23(49)27(53)31-15(2)19(45)6-39(69-31,35(58)59)65-11-24(50)28(54)32-16(3)20(46)7-40(70-32,36(60)61)66-12-25(51)29(55)33-17(4)21(47)8-41(71-33,37(62)63)67-13-42/h14-33,43-55H,5-13,42H2,1-4H3,(H,56,57)(H,58,59)(H,60,61)(H,62,63)/t14-,15-,16-,17-,18?,19?,20?,21?,22-,23-,24-,25-,26-,27-,28-,29-,30-,31-,32-,33-,38?,39?,40?,41?/m1/s1. The van der Waals surface area contributed by atoms with Gasteiger partial charge in [0.05, 0.1) is 82.0 Å². The fourth-order valence-corrected chi connectivity index (χ4v) is 8.99. The van der Waals surface area contributed by atoms with Crippen LogP contribution in [-0.2, 0) is 57.1 Å². The van der Waals surface area contributed by atoms with E-state index in [0.29, 0.717) is 0 Å². The summed E-state index contributed by atoms with van der Waals surface area (Å²) in [5.41, 5.74) is 5.35. The van der Waals surface area contributed by atoms with Crippen molar-refractivity contribution in [2.45, 2.75) is 174 Å². The number of ether oxygens (including phenoxy) is 8. The van der Waals surface area contributed by atoms with Crippen LogP contribution in [0, 0.1) is 23.7 Å². The van der Waals surface area contributed by atoms with E-state index in [1.165, 1.54) is 27.7 Å². The fourth-order valence-electron chi connectivity index (χ4n) is 8.99. The summed E-state index contributed by atoms with van der Waals surface area (Å²) in [4.78, 5) is 50.0. The van der Waals surface area contributed by atoms with Gasteiger partial charge in [-0.15, -0.1) is 0 Å². The molecule has 30 heteroatoms. The van der Waals surface area contributed by atoms with Crippen LogP contribution in [-0.4, -0.2) is 265 Å². The summed E-state index contributed by atoms with van der Waals surface area (Å²) in [5.74, 6) is -23.4. The van der Waals surface area contributed by atoms with Gasteiger partial charge in [-0.05, 0) is 0 Å². The third-order valence-electron chi connectivity index (χ3n) is 13.9. The van der Waals surface area contributed by atoms with E-state index >= 15 is 0 Å². The number of aliphatic hydroxyl groups is 13. The van der Waals surface area contributed by atoms with Gasteiger partial charge in [-0.2, -0.15) is 0 Å². The molecule has 0 amide bonds. The predicted octanol–water partition coefficient (Wildman–Crippen LogP) is -7.88. The first kappa shape index (κ1) is 60.6. The third-order valence-corrected chi connectivity index (χ3v) is 13.9. The molecule has 4 saturated heterocycles. The van der Waals surface area contributed by atoms with Crippen LogP contribution in [0.4, 0.5) is 0 Å². The van der Waals surface area contributed by atoms with Crippen molar-refractivity contribution in [1.82, 2.24) is 0 Å². The number of carboxylic acids is 4. The molecule has 0 aliphatic carbocycles. The van der Waals surface area contributed by atoms with Crippen LogP contribution < -0.4 is 5.73 Å². The van der Waals surface area contributed by atoms with Crippen LogP contribution in [0.2, 0.25) is 0 Å². The molecule has 0 radical (unpaired) electrons. The lowest BCUT2D eigenvalue weighted by molar-refractivity contribution is -0.339. The van der Waals surface area contributed by atoms with E-state index in [9.17, 15) is 106 Å². The van der Waals surface area contributed by atoms with Gasteiger partial charge in [0.1, 0.15) is 48.8 Å². The van der Waals surface area contributed by atoms with Gasteiger partial charge < -0.3 is 130 Å². The second-order valence-electron chi connectivity index (χ2n) is 18.7. The first-order valence-corrected chi connectivity index (χ1v) is 22.6. The Labute approximate surface area is 404 Å². The highest BCUT2D eigenvalue weighted by atomic mass is 16.8. The maximum atomic E-state index is 12.8. The summed E-state index contributed by atoms with van der Waals surface area (Å²) in [6.07, 6.45) is -33.9. The number of aliphatic hydroxyl groups excluding tert-OH is 13. The van der Waals surface area contributed by atoms with Crippen molar-refractivity contribution >= 4 is 23.9 Å². The summed E-state index contributed by atoms with van der Waals surface area (Å²) in [6.45, 7) is -0.00388. The molecular formula is C41H69NO29. The van der Waals surface area contributed by atoms with E-state index in [0.717, 1.165) is 0 Å². The molecule has 19 N–H and O–H groups in total. The van der Waals surface area contributed by atoms with Crippen LogP contribution in [0.25, 0.3) is 0 Å². The average Bonchev–Trinajstić information content (AvgIpc) is 3.31. The Hall–Kier alpha value is -3.00. The zero-order chi connectivity index (χ0) is 53.9. The number of rotatable bonds is 24.